The fourth-order valence-electron chi connectivity index (χ4n) is 1.90. The van der Waals surface area contributed by atoms with Crippen LogP contribution in [0.1, 0.15) is 26.7 Å². The maximum atomic E-state index is 7.00. The van der Waals surface area contributed by atoms with Gasteiger partial charge in [0.1, 0.15) is 0 Å². The molecule has 3 nitrogen and oxygen atoms in total. The van der Waals surface area contributed by atoms with Gasteiger partial charge in [-0.05, 0) is 37.9 Å². The maximum Gasteiger partial charge on any atom is 0.0319 e. The quantitative estimate of drug-likeness (QED) is 0.684. The fraction of sp³-hybridized carbons (Fsp3) is 1.00. The number of likely N-dealkylation sites (tertiary alicyclic amines) is 1. The van der Waals surface area contributed by atoms with E-state index in [9.17, 15) is 0 Å². The van der Waals surface area contributed by atoms with Gasteiger partial charge in [0.2, 0.25) is 0 Å². The smallest absolute Gasteiger partial charge is 0.0319 e. The lowest BCUT2D eigenvalue weighted by atomic mass is 9.85. The summed E-state index contributed by atoms with van der Waals surface area (Å²) in [4.78, 5) is 2.50. The van der Waals surface area contributed by atoms with Crippen LogP contribution in [0, 0.1) is 5.41 Å². The molecule has 0 amide bonds. The molecule has 1 unspecified atom stereocenters. The first-order valence-corrected chi connectivity index (χ1v) is 5.13. The van der Waals surface area contributed by atoms with Crippen LogP contribution in [0.15, 0.2) is 0 Å². The molecule has 0 aliphatic carbocycles. The Hall–Kier alpha value is -0.120. The van der Waals surface area contributed by atoms with Crippen LogP contribution in [0.3, 0.4) is 0 Å². The van der Waals surface area contributed by atoms with Crippen LogP contribution in [0.5, 0.6) is 0 Å². The van der Waals surface area contributed by atoms with Crippen LogP contribution in [-0.2, 0) is 0 Å². The summed E-state index contributed by atoms with van der Waals surface area (Å²) >= 11 is 0. The van der Waals surface area contributed by atoms with E-state index in [0.717, 1.165) is 13.7 Å². The third-order valence-electron chi connectivity index (χ3n) is 3.15. The van der Waals surface area contributed by atoms with Crippen LogP contribution >= 0.6 is 0 Å². The maximum absolute atomic E-state index is 7.00. The van der Waals surface area contributed by atoms with Gasteiger partial charge in [-0.15, -0.1) is 0 Å². The molecule has 1 aliphatic rings. The van der Waals surface area contributed by atoms with Crippen LogP contribution < -0.4 is 5.73 Å². The molecule has 0 aromatic heterocycles. The minimum absolute atomic E-state index is 0.454. The van der Waals surface area contributed by atoms with Crippen LogP contribution in [-0.4, -0.2) is 43.3 Å². The lowest BCUT2D eigenvalue weighted by Crippen LogP contribution is -2.33. The number of hydrogen-bond acceptors (Lipinski definition) is 3. The Kier molecular flexibility index (Phi) is 6.29. The molecule has 3 heteroatoms. The molecule has 0 saturated carbocycles. The lowest BCUT2D eigenvalue weighted by Gasteiger charge is -2.25. The highest BCUT2D eigenvalue weighted by atomic mass is 16.2. The van der Waals surface area contributed by atoms with E-state index < -0.39 is 0 Å². The first-order chi connectivity index (χ1) is 6.26. The minimum Gasteiger partial charge on any atom is -0.400 e. The van der Waals surface area contributed by atoms with E-state index in [0.29, 0.717) is 5.41 Å². The predicted octanol–water partition coefficient (Wildman–Crippen LogP) is 0.676. The minimum atomic E-state index is 0.454. The highest BCUT2D eigenvalue weighted by molar-refractivity contribution is 4.89. The first kappa shape index (κ1) is 12.9. The average Bonchev–Trinajstić information content (AvgIpc) is 2.65. The zero-order valence-corrected chi connectivity index (χ0v) is 9.21. The Morgan fingerprint density at radius 1 is 1.38 bits per heavy atom. The molecule has 1 atom stereocenters. The Morgan fingerprint density at radius 3 is 2.23 bits per heavy atom. The second-order valence-corrected chi connectivity index (χ2v) is 3.68. The number of rotatable bonds is 3. The van der Waals surface area contributed by atoms with Crippen LogP contribution in [0.4, 0.5) is 0 Å². The Balaban J connectivity index is 0.000000671. The monoisotopic (exact) mass is 188 g/mol. The summed E-state index contributed by atoms with van der Waals surface area (Å²) in [5.41, 5.74) is 6.22. The second kappa shape index (κ2) is 6.35. The molecule has 1 fully saturated rings. The number of nitrogens with zero attached hydrogens (tertiary/aromatic N) is 1. The van der Waals surface area contributed by atoms with Crippen molar-refractivity contribution in [1.29, 1.82) is 0 Å². The predicted molar refractivity (Wildman–Crippen MR) is 56.7 cm³/mol. The number of aliphatic hydroxyl groups is 1. The van der Waals surface area contributed by atoms with E-state index in [1.807, 2.05) is 0 Å². The molecule has 1 heterocycles. The van der Waals surface area contributed by atoms with Crippen molar-refractivity contribution in [2.45, 2.75) is 26.7 Å². The Bertz CT molecular complexity index is 124. The summed E-state index contributed by atoms with van der Waals surface area (Å²) in [6.45, 7) is 8.99. The van der Waals surface area contributed by atoms with E-state index in [1.54, 1.807) is 0 Å². The van der Waals surface area contributed by atoms with E-state index in [1.165, 1.54) is 32.5 Å². The van der Waals surface area contributed by atoms with E-state index in [2.05, 4.69) is 18.7 Å². The van der Waals surface area contributed by atoms with Crippen molar-refractivity contribution in [3.63, 3.8) is 0 Å². The summed E-state index contributed by atoms with van der Waals surface area (Å²) in [5, 5.41) is 7.00. The van der Waals surface area contributed by atoms with Gasteiger partial charge in [-0.25, -0.2) is 0 Å². The Morgan fingerprint density at radius 2 is 2.00 bits per heavy atom. The van der Waals surface area contributed by atoms with Gasteiger partial charge in [0.15, 0.2) is 0 Å². The molecule has 1 rings (SSSR count). The summed E-state index contributed by atoms with van der Waals surface area (Å²) in [7, 11) is 1.00. The van der Waals surface area contributed by atoms with Gasteiger partial charge in [0.25, 0.3) is 0 Å². The Labute approximate surface area is 81.9 Å². The molecule has 1 saturated heterocycles. The zero-order valence-electron chi connectivity index (χ0n) is 9.21. The highest BCUT2D eigenvalue weighted by Crippen LogP contribution is 2.32. The van der Waals surface area contributed by atoms with Gasteiger partial charge in [0.05, 0.1) is 0 Å². The molecule has 0 radical (unpaired) electrons. The summed E-state index contributed by atoms with van der Waals surface area (Å²) in [6.07, 6.45) is 2.54. The third kappa shape index (κ3) is 3.25. The lowest BCUT2D eigenvalue weighted by molar-refractivity contribution is 0.262. The number of nitrogens with two attached hydrogens (primary N) is 1. The van der Waals surface area contributed by atoms with Gasteiger partial charge in [-0.3, -0.25) is 0 Å². The summed E-state index contributed by atoms with van der Waals surface area (Å²) in [6, 6.07) is 0. The van der Waals surface area contributed by atoms with Crippen molar-refractivity contribution in [2.24, 2.45) is 11.1 Å². The molecule has 0 bridgehead atoms. The zero-order chi connectivity index (χ0) is 10.3. The molecule has 13 heavy (non-hydrogen) atoms. The van der Waals surface area contributed by atoms with Crippen LogP contribution in [0.2, 0.25) is 0 Å². The molecular weight excluding hydrogens is 164 g/mol. The van der Waals surface area contributed by atoms with Crippen LogP contribution in [0.25, 0.3) is 0 Å². The standard InChI is InChI=1S/C9H20N2.CH4O/c1-3-9(7-10)5-6-11(4-2)8-9;1-2/h3-8,10H2,1-2H3;2H,1H3. The van der Waals surface area contributed by atoms with Gasteiger partial charge in [-0.2, -0.15) is 0 Å². The van der Waals surface area contributed by atoms with Crippen molar-refractivity contribution in [1.82, 2.24) is 4.90 Å². The summed E-state index contributed by atoms with van der Waals surface area (Å²) in [5.74, 6) is 0. The normalized spacial score (nSPS) is 28.4. The van der Waals surface area contributed by atoms with Gasteiger partial charge >= 0.3 is 0 Å². The van der Waals surface area contributed by atoms with Crippen molar-refractivity contribution in [3.05, 3.63) is 0 Å². The van der Waals surface area contributed by atoms with E-state index >= 15 is 0 Å². The van der Waals surface area contributed by atoms with E-state index in [4.69, 9.17) is 10.8 Å². The first-order valence-electron chi connectivity index (χ1n) is 5.13. The largest absolute Gasteiger partial charge is 0.400 e. The summed E-state index contributed by atoms with van der Waals surface area (Å²) < 4.78 is 0. The third-order valence-corrected chi connectivity index (χ3v) is 3.15. The van der Waals surface area contributed by atoms with Gasteiger partial charge in [-0.1, -0.05) is 13.8 Å². The molecule has 0 aromatic carbocycles. The molecular formula is C10H24N2O. The van der Waals surface area contributed by atoms with Gasteiger partial charge < -0.3 is 15.7 Å². The molecule has 1 aliphatic heterocycles. The topological polar surface area (TPSA) is 49.5 Å². The number of aliphatic hydroxyl groups excluding tert-OH is 1. The number of hydrogen-bond donors (Lipinski definition) is 2. The van der Waals surface area contributed by atoms with Crippen molar-refractivity contribution in [2.75, 3.05) is 33.3 Å². The van der Waals surface area contributed by atoms with Crippen molar-refractivity contribution >= 4 is 0 Å². The highest BCUT2D eigenvalue weighted by Gasteiger charge is 2.34. The molecule has 0 aromatic rings. The van der Waals surface area contributed by atoms with E-state index in [-0.39, 0.29) is 0 Å². The second-order valence-electron chi connectivity index (χ2n) is 3.68. The van der Waals surface area contributed by atoms with Gasteiger partial charge in [0, 0.05) is 13.7 Å². The SMILES string of the molecule is CCN1CCC(CC)(CN)C1.CO. The van der Waals surface area contributed by atoms with Crippen molar-refractivity contribution in [3.8, 4) is 0 Å². The van der Waals surface area contributed by atoms with Crippen molar-refractivity contribution < 1.29 is 5.11 Å². The average molecular weight is 188 g/mol. The molecule has 80 valence electrons. The molecule has 3 N–H and O–H groups in total. The molecule has 0 spiro atoms. The fourth-order valence-corrected chi connectivity index (χ4v) is 1.90.